The van der Waals surface area contributed by atoms with Crippen LogP contribution in [0.3, 0.4) is 0 Å². The number of nitriles is 1. The van der Waals surface area contributed by atoms with Crippen molar-refractivity contribution in [2.75, 3.05) is 20.3 Å². The summed E-state index contributed by atoms with van der Waals surface area (Å²) in [5.41, 5.74) is 0.660. The molecule has 1 rings (SSSR count). The predicted octanol–water partition coefficient (Wildman–Crippen LogP) is 2.83. The van der Waals surface area contributed by atoms with E-state index in [1.54, 1.807) is 18.2 Å². The summed E-state index contributed by atoms with van der Waals surface area (Å²) in [7, 11) is 1.50. The second-order valence-electron chi connectivity index (χ2n) is 3.57. The Hall–Kier alpha value is -2.19. The lowest BCUT2D eigenvalue weighted by atomic mass is 10.2. The molecule has 0 unspecified atom stereocenters. The zero-order valence-electron chi connectivity index (χ0n) is 11.2. The molecule has 0 atom stereocenters. The summed E-state index contributed by atoms with van der Waals surface area (Å²) in [4.78, 5) is 11.2. The fourth-order valence-corrected chi connectivity index (χ4v) is 1.76. The Balaban J connectivity index is 2.94. The summed E-state index contributed by atoms with van der Waals surface area (Å²) in [6.45, 7) is 2.02. The average Bonchev–Trinajstić information content (AvgIpc) is 2.43. The van der Waals surface area contributed by atoms with Crippen molar-refractivity contribution < 1.29 is 19.0 Å². The standard InChI is InChI=1S/C14H14ClNO4/c1-3-19-12-9-10(8-11(15)14(12)18-2)4-5-13(17)20-7-6-16/h4-5,8-9H,3,7H2,1-2H3/b5-4+. The van der Waals surface area contributed by atoms with Crippen molar-refractivity contribution in [2.24, 2.45) is 0 Å². The smallest absolute Gasteiger partial charge is 0.331 e. The second-order valence-corrected chi connectivity index (χ2v) is 3.97. The molecule has 0 heterocycles. The van der Waals surface area contributed by atoms with Gasteiger partial charge in [0, 0.05) is 6.08 Å². The minimum atomic E-state index is -0.601. The first-order valence-corrected chi connectivity index (χ1v) is 6.22. The molecule has 0 aliphatic heterocycles. The highest BCUT2D eigenvalue weighted by Gasteiger charge is 2.10. The Bertz CT molecular complexity index is 549. The van der Waals surface area contributed by atoms with Crippen molar-refractivity contribution in [3.63, 3.8) is 0 Å². The molecule has 0 fully saturated rings. The number of benzene rings is 1. The highest BCUT2D eigenvalue weighted by molar-refractivity contribution is 6.32. The van der Waals surface area contributed by atoms with E-state index in [1.807, 2.05) is 6.92 Å². The SMILES string of the molecule is CCOc1cc(/C=C/C(=O)OCC#N)cc(Cl)c1OC. The van der Waals surface area contributed by atoms with Crippen molar-refractivity contribution in [1.82, 2.24) is 0 Å². The van der Waals surface area contributed by atoms with Gasteiger partial charge in [-0.25, -0.2) is 4.79 Å². The fourth-order valence-electron chi connectivity index (χ4n) is 1.46. The quantitative estimate of drug-likeness (QED) is 0.596. The largest absolute Gasteiger partial charge is 0.491 e. The van der Waals surface area contributed by atoms with Gasteiger partial charge in [-0.1, -0.05) is 11.6 Å². The van der Waals surface area contributed by atoms with E-state index in [0.717, 1.165) is 0 Å². The van der Waals surface area contributed by atoms with E-state index < -0.39 is 5.97 Å². The van der Waals surface area contributed by atoms with Crippen molar-refractivity contribution >= 4 is 23.6 Å². The highest BCUT2D eigenvalue weighted by Crippen LogP contribution is 2.36. The number of nitrogens with zero attached hydrogens (tertiary/aromatic N) is 1. The van der Waals surface area contributed by atoms with E-state index in [4.69, 9.17) is 26.3 Å². The lowest BCUT2D eigenvalue weighted by Gasteiger charge is -2.11. The molecular formula is C14H14ClNO4. The molecule has 0 N–H and O–H groups in total. The summed E-state index contributed by atoms with van der Waals surface area (Å²) in [5.74, 6) is 0.335. The van der Waals surface area contributed by atoms with Gasteiger partial charge in [0.1, 0.15) is 6.07 Å². The molecule has 6 heteroatoms. The molecule has 0 spiro atoms. The number of rotatable bonds is 6. The van der Waals surface area contributed by atoms with Crippen molar-refractivity contribution in [2.45, 2.75) is 6.92 Å². The lowest BCUT2D eigenvalue weighted by Crippen LogP contribution is -2.00. The monoisotopic (exact) mass is 295 g/mol. The van der Waals surface area contributed by atoms with Crippen LogP contribution in [0, 0.1) is 11.3 Å². The van der Waals surface area contributed by atoms with Gasteiger partial charge in [0.05, 0.1) is 18.7 Å². The van der Waals surface area contributed by atoms with Gasteiger partial charge >= 0.3 is 5.97 Å². The maximum Gasteiger partial charge on any atom is 0.331 e. The van der Waals surface area contributed by atoms with Crippen molar-refractivity contribution in [3.8, 4) is 17.6 Å². The number of carbonyl (C=O) groups is 1. The van der Waals surface area contributed by atoms with Gasteiger partial charge in [-0.3, -0.25) is 0 Å². The van der Waals surface area contributed by atoms with Gasteiger partial charge in [-0.2, -0.15) is 5.26 Å². The Morgan fingerprint density at radius 2 is 2.25 bits per heavy atom. The zero-order chi connectivity index (χ0) is 15.0. The molecule has 0 radical (unpaired) electrons. The Morgan fingerprint density at radius 1 is 1.50 bits per heavy atom. The summed E-state index contributed by atoms with van der Waals surface area (Å²) >= 11 is 6.07. The minimum Gasteiger partial charge on any atom is -0.491 e. The fraction of sp³-hybridized carbons (Fsp3) is 0.286. The molecule has 5 nitrogen and oxygen atoms in total. The number of carbonyl (C=O) groups excluding carboxylic acids is 1. The van der Waals surface area contributed by atoms with Crippen LogP contribution >= 0.6 is 11.6 Å². The summed E-state index contributed by atoms with van der Waals surface area (Å²) in [5, 5.41) is 8.67. The van der Waals surface area contributed by atoms with Gasteiger partial charge in [0.25, 0.3) is 0 Å². The van der Waals surface area contributed by atoms with Crippen LogP contribution in [0.15, 0.2) is 18.2 Å². The third kappa shape index (κ3) is 4.48. The number of ether oxygens (including phenoxy) is 3. The zero-order valence-corrected chi connectivity index (χ0v) is 11.9. The molecule has 106 valence electrons. The summed E-state index contributed by atoms with van der Waals surface area (Å²) in [6.07, 6.45) is 2.73. The molecule has 0 saturated carbocycles. The van der Waals surface area contributed by atoms with Gasteiger partial charge in [-0.15, -0.1) is 0 Å². The Morgan fingerprint density at radius 3 is 2.85 bits per heavy atom. The normalized spacial score (nSPS) is 10.1. The second kappa shape index (κ2) is 8.08. The lowest BCUT2D eigenvalue weighted by molar-refractivity contribution is -0.136. The Labute approximate surface area is 122 Å². The third-order valence-electron chi connectivity index (χ3n) is 2.23. The molecule has 0 aromatic heterocycles. The predicted molar refractivity (Wildman–Crippen MR) is 74.8 cm³/mol. The molecule has 0 amide bonds. The first-order valence-electron chi connectivity index (χ1n) is 5.84. The van der Waals surface area contributed by atoms with Crippen LogP contribution in [-0.4, -0.2) is 26.3 Å². The number of methoxy groups -OCH3 is 1. The Kier molecular flexibility index (Phi) is 6.41. The van der Waals surface area contributed by atoms with Gasteiger partial charge in [-0.05, 0) is 30.7 Å². The molecule has 1 aromatic carbocycles. The molecule has 0 aliphatic rings. The van der Waals surface area contributed by atoms with E-state index in [1.165, 1.54) is 19.3 Å². The van der Waals surface area contributed by atoms with E-state index in [0.29, 0.717) is 28.7 Å². The van der Waals surface area contributed by atoms with E-state index >= 15 is 0 Å². The molecular weight excluding hydrogens is 282 g/mol. The van der Waals surface area contributed by atoms with Crippen LogP contribution in [0.1, 0.15) is 12.5 Å². The third-order valence-corrected chi connectivity index (χ3v) is 2.51. The molecule has 0 aliphatic carbocycles. The molecule has 0 bridgehead atoms. The van der Waals surface area contributed by atoms with Crippen LogP contribution in [0.2, 0.25) is 5.02 Å². The first kappa shape index (κ1) is 15.9. The van der Waals surface area contributed by atoms with Gasteiger partial charge in [0.2, 0.25) is 0 Å². The highest BCUT2D eigenvalue weighted by atomic mass is 35.5. The number of hydrogen-bond donors (Lipinski definition) is 0. The van der Waals surface area contributed by atoms with Crippen molar-refractivity contribution in [1.29, 1.82) is 5.26 Å². The maximum atomic E-state index is 11.2. The topological polar surface area (TPSA) is 68.5 Å². The van der Waals surface area contributed by atoms with Crippen molar-refractivity contribution in [3.05, 3.63) is 28.8 Å². The van der Waals surface area contributed by atoms with E-state index in [2.05, 4.69) is 4.74 Å². The van der Waals surface area contributed by atoms with Crippen LogP contribution in [0.5, 0.6) is 11.5 Å². The van der Waals surface area contributed by atoms with Gasteiger partial charge < -0.3 is 14.2 Å². The first-order chi connectivity index (χ1) is 9.62. The average molecular weight is 296 g/mol. The van der Waals surface area contributed by atoms with Crippen LogP contribution in [0.4, 0.5) is 0 Å². The maximum absolute atomic E-state index is 11.2. The molecule has 0 saturated heterocycles. The number of halogens is 1. The summed E-state index contributed by atoms with van der Waals surface area (Å²) in [6, 6.07) is 5.04. The van der Waals surface area contributed by atoms with Crippen LogP contribution < -0.4 is 9.47 Å². The van der Waals surface area contributed by atoms with Gasteiger partial charge in [0.15, 0.2) is 18.1 Å². The van der Waals surface area contributed by atoms with Crippen LogP contribution in [-0.2, 0) is 9.53 Å². The molecule has 1 aromatic rings. The summed E-state index contributed by atoms with van der Waals surface area (Å²) < 4.78 is 15.2. The number of esters is 1. The minimum absolute atomic E-state index is 0.281. The van der Waals surface area contributed by atoms with Crippen LogP contribution in [0.25, 0.3) is 6.08 Å². The molecule has 20 heavy (non-hydrogen) atoms. The van der Waals surface area contributed by atoms with E-state index in [9.17, 15) is 4.79 Å². The number of hydrogen-bond acceptors (Lipinski definition) is 5. The van der Waals surface area contributed by atoms with E-state index in [-0.39, 0.29) is 6.61 Å².